The van der Waals surface area contributed by atoms with E-state index in [-0.39, 0.29) is 10.9 Å². The Morgan fingerprint density at radius 3 is 2.43 bits per heavy atom. The summed E-state index contributed by atoms with van der Waals surface area (Å²) < 4.78 is 12.4. The second kappa shape index (κ2) is 13.2. The molecule has 1 fully saturated rings. The number of nitrogens with zero attached hydrogens (tertiary/aromatic N) is 4. The summed E-state index contributed by atoms with van der Waals surface area (Å²) in [6.07, 6.45) is 4.97. The predicted molar refractivity (Wildman–Crippen MR) is 153 cm³/mol. The van der Waals surface area contributed by atoms with Crippen molar-refractivity contribution in [1.82, 2.24) is 9.97 Å². The maximum Gasteiger partial charge on any atom is 0.236 e. The van der Waals surface area contributed by atoms with Crippen LogP contribution in [0.4, 0.5) is 17.3 Å². The topological polar surface area (TPSA) is 109 Å². The van der Waals surface area contributed by atoms with Crippen LogP contribution < -0.4 is 16.0 Å². The summed E-state index contributed by atoms with van der Waals surface area (Å²) in [5, 5.41) is 13.2. The first-order chi connectivity index (χ1) is 17.6. The molecule has 3 N–H and O–H groups in total. The van der Waals surface area contributed by atoms with Gasteiger partial charge in [-0.25, -0.2) is 0 Å². The number of nitrogens with one attached hydrogen (secondary N) is 1. The van der Waals surface area contributed by atoms with Gasteiger partial charge in [-0.3, -0.25) is 0 Å². The van der Waals surface area contributed by atoms with Crippen molar-refractivity contribution in [3.05, 3.63) is 41.7 Å². The van der Waals surface area contributed by atoms with Crippen LogP contribution in [0.1, 0.15) is 57.8 Å². The zero-order chi connectivity index (χ0) is 26.9. The van der Waals surface area contributed by atoms with E-state index in [9.17, 15) is 5.26 Å². The highest BCUT2D eigenvalue weighted by Gasteiger charge is 2.37. The minimum Gasteiger partial charge on any atom is -0.415 e. The van der Waals surface area contributed by atoms with E-state index in [1.165, 1.54) is 25.7 Å². The van der Waals surface area contributed by atoms with Crippen LogP contribution in [0, 0.1) is 17.2 Å². The maximum absolute atomic E-state index is 9.65. The van der Waals surface area contributed by atoms with Gasteiger partial charge in [0.05, 0.1) is 19.8 Å². The van der Waals surface area contributed by atoms with Crippen LogP contribution >= 0.6 is 0 Å². The predicted octanol–water partition coefficient (Wildman–Crippen LogP) is 5.58. The van der Waals surface area contributed by atoms with Crippen molar-refractivity contribution < 1.29 is 9.16 Å². The van der Waals surface area contributed by atoms with Crippen molar-refractivity contribution in [2.45, 2.75) is 71.2 Å². The first-order valence-corrected chi connectivity index (χ1v) is 16.3. The molecule has 0 aliphatic heterocycles. The molecule has 1 saturated carbocycles. The van der Waals surface area contributed by atoms with Gasteiger partial charge in [0.1, 0.15) is 11.8 Å². The monoisotopic (exact) mass is 524 g/mol. The minimum absolute atomic E-state index is 0.110. The van der Waals surface area contributed by atoms with Crippen LogP contribution in [-0.4, -0.2) is 51.1 Å². The molecule has 1 aromatic heterocycles. The molecule has 0 saturated heterocycles. The number of nitrogen functional groups attached to an aromatic ring is 1. The zero-order valence-electron chi connectivity index (χ0n) is 23.2. The van der Waals surface area contributed by atoms with Gasteiger partial charge in [-0.15, -0.1) is 0 Å². The number of ether oxygens (including phenoxy) is 1. The van der Waals surface area contributed by atoms with E-state index in [0.717, 1.165) is 12.1 Å². The van der Waals surface area contributed by atoms with Crippen LogP contribution in [-0.2, 0) is 15.8 Å². The fraction of sp³-hybridized carbons (Fsp3) is 0.607. The van der Waals surface area contributed by atoms with Crippen molar-refractivity contribution in [3.63, 3.8) is 0 Å². The largest absolute Gasteiger partial charge is 0.415 e. The Balaban J connectivity index is 1.75. The summed E-state index contributed by atoms with van der Waals surface area (Å²) in [6, 6.07) is 12.2. The lowest BCUT2D eigenvalue weighted by atomic mass is 10.1. The Morgan fingerprint density at radius 1 is 1.11 bits per heavy atom. The summed E-state index contributed by atoms with van der Waals surface area (Å²) in [5.74, 6) is 1.82. The van der Waals surface area contributed by atoms with Gasteiger partial charge in [-0.2, -0.15) is 15.2 Å². The van der Waals surface area contributed by atoms with Crippen molar-refractivity contribution in [2.24, 2.45) is 5.92 Å². The molecular weight excluding hydrogens is 480 g/mol. The lowest BCUT2D eigenvalue weighted by Crippen LogP contribution is -2.43. The Labute approximate surface area is 223 Å². The van der Waals surface area contributed by atoms with E-state index >= 15 is 0 Å². The van der Waals surface area contributed by atoms with Gasteiger partial charge < -0.3 is 25.1 Å². The summed E-state index contributed by atoms with van der Waals surface area (Å²) in [5.41, 5.74) is 8.20. The molecule has 8 nitrogen and oxygen atoms in total. The van der Waals surface area contributed by atoms with E-state index in [1.807, 2.05) is 18.2 Å². The summed E-state index contributed by atoms with van der Waals surface area (Å²) in [7, 11) is -1.91. The standard InChI is InChI=1S/C28H44N6O2Si/c1-28(2,3)37(4,5)36-18-16-34(15-17-35-21-23-13-7-6-8-14-23)27-25(30)26(32-24(19-29)33-27)31-20-22-11-9-10-12-22/h6-8,13-14,22H,9-12,15-18,20-21,30H2,1-5H3,(H,31,32,33). The van der Waals surface area contributed by atoms with Crippen LogP contribution in [0.3, 0.4) is 0 Å². The fourth-order valence-electron chi connectivity index (χ4n) is 4.23. The summed E-state index contributed by atoms with van der Waals surface area (Å²) >= 11 is 0. The molecular formula is C28H44N6O2Si. The second-order valence-electron chi connectivity index (χ2n) is 11.4. The third-order valence-corrected chi connectivity index (χ3v) is 12.1. The molecule has 0 radical (unpaired) electrons. The first-order valence-electron chi connectivity index (χ1n) is 13.4. The number of hydrogen-bond donors (Lipinski definition) is 2. The van der Waals surface area contributed by atoms with Crippen molar-refractivity contribution in [3.8, 4) is 6.07 Å². The summed E-state index contributed by atoms with van der Waals surface area (Å²) in [4.78, 5) is 11.0. The lowest BCUT2D eigenvalue weighted by molar-refractivity contribution is 0.126. The van der Waals surface area contributed by atoms with Crippen LogP contribution in [0.25, 0.3) is 0 Å². The van der Waals surface area contributed by atoms with Gasteiger partial charge in [-0.05, 0) is 42.5 Å². The van der Waals surface area contributed by atoms with Gasteiger partial charge in [0.2, 0.25) is 5.82 Å². The van der Waals surface area contributed by atoms with Gasteiger partial charge >= 0.3 is 0 Å². The Kier molecular flexibility index (Phi) is 10.3. The molecule has 1 aliphatic rings. The fourth-order valence-corrected chi connectivity index (χ4v) is 5.26. The molecule has 202 valence electrons. The quantitative estimate of drug-likeness (QED) is 0.258. The zero-order valence-corrected chi connectivity index (χ0v) is 24.2. The number of nitriles is 1. The highest BCUT2D eigenvalue weighted by atomic mass is 28.4. The highest BCUT2D eigenvalue weighted by Crippen LogP contribution is 2.36. The molecule has 1 aliphatic carbocycles. The van der Waals surface area contributed by atoms with E-state index < -0.39 is 8.32 Å². The highest BCUT2D eigenvalue weighted by molar-refractivity contribution is 6.74. The first kappa shape index (κ1) is 28.9. The SMILES string of the molecule is CC(C)(C)[Si](C)(C)OCCN(CCOCc1ccccc1)c1nc(C#N)nc(NCC2CCCC2)c1N. The molecule has 0 spiro atoms. The van der Waals surface area contributed by atoms with Crippen LogP contribution in [0.5, 0.6) is 0 Å². The molecule has 0 atom stereocenters. The van der Waals surface area contributed by atoms with Gasteiger partial charge in [-0.1, -0.05) is 63.9 Å². The number of nitrogens with two attached hydrogens (primary N) is 1. The molecule has 1 heterocycles. The normalized spacial score (nSPS) is 14.5. The second-order valence-corrected chi connectivity index (χ2v) is 16.2. The van der Waals surface area contributed by atoms with Crippen LogP contribution in [0.2, 0.25) is 18.1 Å². The molecule has 0 unspecified atom stereocenters. The third-order valence-electron chi connectivity index (χ3n) is 7.61. The maximum atomic E-state index is 9.65. The molecule has 0 bridgehead atoms. The third kappa shape index (κ3) is 8.42. The summed E-state index contributed by atoms with van der Waals surface area (Å²) in [6.45, 7) is 14.7. The average Bonchev–Trinajstić information content (AvgIpc) is 3.38. The van der Waals surface area contributed by atoms with Crippen LogP contribution in [0.15, 0.2) is 30.3 Å². The number of aromatic nitrogens is 2. The molecule has 9 heteroatoms. The minimum atomic E-state index is -1.91. The van der Waals surface area contributed by atoms with E-state index in [4.69, 9.17) is 14.9 Å². The molecule has 2 aromatic rings. The van der Waals surface area contributed by atoms with Crippen molar-refractivity contribution >= 4 is 25.6 Å². The van der Waals surface area contributed by atoms with E-state index in [2.05, 4.69) is 72.3 Å². The van der Waals surface area contributed by atoms with Crippen molar-refractivity contribution in [1.29, 1.82) is 5.26 Å². The van der Waals surface area contributed by atoms with Gasteiger partial charge in [0.15, 0.2) is 20.0 Å². The van der Waals surface area contributed by atoms with E-state index in [1.54, 1.807) is 0 Å². The Hall–Kier alpha value is -2.67. The lowest BCUT2D eigenvalue weighted by Gasteiger charge is -2.37. The number of benzene rings is 1. The Bertz CT molecular complexity index is 1030. The molecule has 1 aromatic carbocycles. The number of rotatable bonds is 13. The molecule has 3 rings (SSSR count). The molecule has 0 amide bonds. The van der Waals surface area contributed by atoms with E-state index in [0.29, 0.717) is 56.2 Å². The molecule has 37 heavy (non-hydrogen) atoms. The van der Waals surface area contributed by atoms with Crippen molar-refractivity contribution in [2.75, 3.05) is 48.8 Å². The average molecular weight is 525 g/mol. The number of hydrogen-bond acceptors (Lipinski definition) is 8. The number of anilines is 3. The Morgan fingerprint density at radius 2 is 1.78 bits per heavy atom. The smallest absolute Gasteiger partial charge is 0.236 e. The van der Waals surface area contributed by atoms with Gasteiger partial charge in [0, 0.05) is 19.6 Å². The van der Waals surface area contributed by atoms with Gasteiger partial charge in [0.25, 0.3) is 0 Å².